The summed E-state index contributed by atoms with van der Waals surface area (Å²) in [5.41, 5.74) is 8.68. The summed E-state index contributed by atoms with van der Waals surface area (Å²) in [6, 6.07) is 7.43. The molecule has 0 unspecified atom stereocenters. The van der Waals surface area contributed by atoms with Gasteiger partial charge in [0.05, 0.1) is 17.7 Å². The van der Waals surface area contributed by atoms with Gasteiger partial charge in [0.2, 0.25) is 5.88 Å². The lowest BCUT2D eigenvalue weighted by Gasteiger charge is -2.31. The molecule has 1 heterocycles. The number of pyridine rings is 1. The van der Waals surface area contributed by atoms with Gasteiger partial charge in [0.25, 0.3) is 5.91 Å². The van der Waals surface area contributed by atoms with E-state index in [9.17, 15) is 4.79 Å². The average molecular weight is 420 g/mol. The molecular formula is C20H26BrN3O2. The minimum atomic E-state index is -0.0623. The number of nitrogens with zero attached hydrogens (tertiary/aromatic N) is 2. The first-order valence-corrected chi connectivity index (χ1v) is 9.57. The van der Waals surface area contributed by atoms with Gasteiger partial charge in [-0.25, -0.2) is 4.98 Å². The van der Waals surface area contributed by atoms with Crippen molar-refractivity contribution in [2.24, 2.45) is 0 Å². The van der Waals surface area contributed by atoms with E-state index in [0.29, 0.717) is 29.3 Å². The Balaban J connectivity index is 2.73. The van der Waals surface area contributed by atoms with Crippen LogP contribution in [0.5, 0.6) is 5.88 Å². The predicted octanol–water partition coefficient (Wildman–Crippen LogP) is 4.75. The third-order valence-electron chi connectivity index (χ3n) is 4.06. The van der Waals surface area contributed by atoms with E-state index in [1.807, 2.05) is 51.7 Å². The predicted molar refractivity (Wildman–Crippen MR) is 109 cm³/mol. The highest BCUT2D eigenvalue weighted by molar-refractivity contribution is 9.10. The molecule has 0 radical (unpaired) electrons. The molecule has 1 aromatic carbocycles. The lowest BCUT2D eigenvalue weighted by molar-refractivity contribution is 0.0644. The fourth-order valence-corrected chi connectivity index (χ4v) is 3.44. The van der Waals surface area contributed by atoms with E-state index in [1.165, 1.54) is 0 Å². The number of aromatic nitrogens is 1. The first kappa shape index (κ1) is 20.2. The number of ether oxygens (including phenoxy) is 1. The second kappa shape index (κ2) is 8.54. The highest BCUT2D eigenvalue weighted by atomic mass is 79.9. The van der Waals surface area contributed by atoms with Crippen molar-refractivity contribution in [3.05, 3.63) is 40.5 Å². The molecule has 140 valence electrons. The summed E-state index contributed by atoms with van der Waals surface area (Å²) in [5.74, 6) is 0.350. The second-order valence-corrected chi connectivity index (χ2v) is 7.52. The van der Waals surface area contributed by atoms with Crippen molar-refractivity contribution in [3.63, 3.8) is 0 Å². The van der Waals surface area contributed by atoms with E-state index >= 15 is 0 Å². The summed E-state index contributed by atoms with van der Waals surface area (Å²) in [7, 11) is 0. The molecule has 2 rings (SSSR count). The van der Waals surface area contributed by atoms with Gasteiger partial charge in [0.15, 0.2) is 0 Å². The molecule has 1 aromatic heterocycles. The highest BCUT2D eigenvalue weighted by Crippen LogP contribution is 2.38. The Hall–Kier alpha value is -2.08. The maximum absolute atomic E-state index is 13.4. The Morgan fingerprint density at radius 1 is 1.23 bits per heavy atom. The summed E-state index contributed by atoms with van der Waals surface area (Å²) in [6.07, 6.45) is 1.61. The van der Waals surface area contributed by atoms with Crippen LogP contribution in [0.25, 0.3) is 11.1 Å². The summed E-state index contributed by atoms with van der Waals surface area (Å²) >= 11 is 3.48. The Labute approximate surface area is 163 Å². The van der Waals surface area contributed by atoms with Gasteiger partial charge >= 0.3 is 0 Å². The monoisotopic (exact) mass is 419 g/mol. The standard InChI is InChI=1S/C20H26BrN3O2/c1-6-26-19-18(16-11-14(21)7-8-17(16)22)15(9-10-23-19)20(25)24(12(2)3)13(4)5/h7-13H,6,22H2,1-5H3. The van der Waals surface area contributed by atoms with Crippen molar-refractivity contribution in [1.29, 1.82) is 0 Å². The van der Waals surface area contributed by atoms with Crippen LogP contribution in [0.1, 0.15) is 45.0 Å². The van der Waals surface area contributed by atoms with E-state index in [0.717, 1.165) is 10.0 Å². The molecule has 0 saturated carbocycles. The quantitative estimate of drug-likeness (QED) is 0.685. The summed E-state index contributed by atoms with van der Waals surface area (Å²) in [6.45, 7) is 10.4. The first-order chi connectivity index (χ1) is 12.3. The Kier molecular flexibility index (Phi) is 6.64. The van der Waals surface area contributed by atoms with Crippen LogP contribution in [0.4, 0.5) is 5.69 Å². The molecule has 5 nitrogen and oxygen atoms in total. The van der Waals surface area contributed by atoms with Crippen LogP contribution < -0.4 is 10.5 Å². The van der Waals surface area contributed by atoms with Crippen LogP contribution in [-0.4, -0.2) is 34.5 Å². The molecule has 0 spiro atoms. The number of carbonyl (C=O) groups is 1. The van der Waals surface area contributed by atoms with Crippen molar-refractivity contribution in [3.8, 4) is 17.0 Å². The van der Waals surface area contributed by atoms with Crippen LogP contribution in [0.2, 0.25) is 0 Å². The minimum absolute atomic E-state index is 0.0623. The molecule has 0 atom stereocenters. The Morgan fingerprint density at radius 2 is 1.88 bits per heavy atom. The van der Waals surface area contributed by atoms with Gasteiger partial charge < -0.3 is 15.4 Å². The topological polar surface area (TPSA) is 68.5 Å². The Morgan fingerprint density at radius 3 is 2.46 bits per heavy atom. The summed E-state index contributed by atoms with van der Waals surface area (Å²) in [4.78, 5) is 19.6. The van der Waals surface area contributed by atoms with Crippen molar-refractivity contribution in [1.82, 2.24) is 9.88 Å². The fraction of sp³-hybridized carbons (Fsp3) is 0.400. The van der Waals surface area contributed by atoms with Crippen LogP contribution in [0, 0.1) is 0 Å². The van der Waals surface area contributed by atoms with Crippen LogP contribution in [0.15, 0.2) is 34.9 Å². The molecule has 0 aliphatic heterocycles. The van der Waals surface area contributed by atoms with Crippen molar-refractivity contribution in [2.45, 2.75) is 46.7 Å². The third-order valence-corrected chi connectivity index (χ3v) is 4.55. The number of benzene rings is 1. The SMILES string of the molecule is CCOc1nccc(C(=O)N(C(C)C)C(C)C)c1-c1cc(Br)ccc1N. The average Bonchev–Trinajstić information content (AvgIpc) is 2.56. The number of hydrogen-bond donors (Lipinski definition) is 1. The number of nitrogen functional groups attached to an aromatic ring is 1. The zero-order valence-electron chi connectivity index (χ0n) is 15.9. The number of anilines is 1. The number of hydrogen-bond acceptors (Lipinski definition) is 4. The maximum Gasteiger partial charge on any atom is 0.255 e. The summed E-state index contributed by atoms with van der Waals surface area (Å²) < 4.78 is 6.60. The lowest BCUT2D eigenvalue weighted by atomic mass is 9.98. The summed E-state index contributed by atoms with van der Waals surface area (Å²) in [5, 5.41) is 0. The number of amides is 1. The van der Waals surface area contributed by atoms with E-state index in [2.05, 4.69) is 20.9 Å². The van der Waals surface area contributed by atoms with Crippen molar-refractivity contribution in [2.75, 3.05) is 12.3 Å². The normalized spacial score (nSPS) is 11.1. The smallest absolute Gasteiger partial charge is 0.255 e. The minimum Gasteiger partial charge on any atom is -0.478 e. The molecule has 0 aliphatic carbocycles. The molecule has 0 aliphatic rings. The van der Waals surface area contributed by atoms with E-state index < -0.39 is 0 Å². The largest absolute Gasteiger partial charge is 0.478 e. The molecule has 6 heteroatoms. The van der Waals surface area contributed by atoms with E-state index in [4.69, 9.17) is 10.5 Å². The van der Waals surface area contributed by atoms with Gasteiger partial charge in [0.1, 0.15) is 0 Å². The fourth-order valence-electron chi connectivity index (χ4n) is 3.08. The molecule has 0 bridgehead atoms. The Bertz CT molecular complexity index is 783. The van der Waals surface area contributed by atoms with Crippen LogP contribution >= 0.6 is 15.9 Å². The lowest BCUT2D eigenvalue weighted by Crippen LogP contribution is -2.42. The number of carbonyl (C=O) groups excluding carboxylic acids is 1. The van der Waals surface area contributed by atoms with Gasteiger partial charge in [-0.15, -0.1) is 0 Å². The maximum atomic E-state index is 13.4. The molecule has 0 fully saturated rings. The van der Waals surface area contributed by atoms with Gasteiger partial charge in [0, 0.05) is 34.0 Å². The first-order valence-electron chi connectivity index (χ1n) is 8.77. The molecule has 0 saturated heterocycles. The van der Waals surface area contributed by atoms with Crippen LogP contribution in [-0.2, 0) is 0 Å². The number of halogens is 1. The molecule has 2 N–H and O–H groups in total. The van der Waals surface area contributed by atoms with Gasteiger partial charge in [-0.05, 0) is 58.9 Å². The molecule has 2 aromatic rings. The van der Waals surface area contributed by atoms with Gasteiger partial charge in [-0.3, -0.25) is 4.79 Å². The van der Waals surface area contributed by atoms with Gasteiger partial charge in [-0.2, -0.15) is 0 Å². The molecular weight excluding hydrogens is 394 g/mol. The molecule has 26 heavy (non-hydrogen) atoms. The number of nitrogens with two attached hydrogens (primary N) is 1. The van der Waals surface area contributed by atoms with Crippen molar-refractivity contribution >= 4 is 27.5 Å². The molecule has 1 amide bonds. The van der Waals surface area contributed by atoms with Crippen molar-refractivity contribution < 1.29 is 9.53 Å². The van der Waals surface area contributed by atoms with E-state index in [-0.39, 0.29) is 18.0 Å². The number of rotatable bonds is 6. The zero-order valence-corrected chi connectivity index (χ0v) is 17.5. The van der Waals surface area contributed by atoms with Crippen LogP contribution in [0.3, 0.4) is 0 Å². The highest BCUT2D eigenvalue weighted by Gasteiger charge is 2.27. The zero-order chi connectivity index (χ0) is 19.4. The van der Waals surface area contributed by atoms with E-state index in [1.54, 1.807) is 18.3 Å². The third kappa shape index (κ3) is 4.18. The van der Waals surface area contributed by atoms with Gasteiger partial charge in [-0.1, -0.05) is 15.9 Å². The second-order valence-electron chi connectivity index (χ2n) is 6.60.